The monoisotopic (exact) mass is 231 g/mol. The zero-order valence-electron chi connectivity index (χ0n) is 9.51. The molecular formula is C12H13N3O2. The maximum Gasteiger partial charge on any atom is 0.414 e. The fraction of sp³-hybridized carbons (Fsp3) is 0.333. The summed E-state index contributed by atoms with van der Waals surface area (Å²) in [6, 6.07) is 7.34. The predicted molar refractivity (Wildman–Crippen MR) is 62.6 cm³/mol. The number of hydrogen-bond acceptors (Lipinski definition) is 4. The number of amides is 1. The predicted octanol–water partition coefficient (Wildman–Crippen LogP) is 1.15. The van der Waals surface area contributed by atoms with E-state index in [0.717, 1.165) is 11.3 Å². The Morgan fingerprint density at radius 2 is 2.41 bits per heavy atom. The van der Waals surface area contributed by atoms with Gasteiger partial charge in [-0.15, -0.1) is 0 Å². The SMILES string of the molecule is Cc1cc(N2C[C@H](CN)OC2=O)ccc1C#N. The summed E-state index contributed by atoms with van der Waals surface area (Å²) in [5, 5.41) is 8.83. The van der Waals surface area contributed by atoms with Gasteiger partial charge < -0.3 is 10.5 Å². The number of aryl methyl sites for hydroxylation is 1. The van der Waals surface area contributed by atoms with Gasteiger partial charge in [-0.3, -0.25) is 4.90 Å². The first-order valence-corrected chi connectivity index (χ1v) is 5.34. The van der Waals surface area contributed by atoms with Crippen LogP contribution in [0.5, 0.6) is 0 Å². The van der Waals surface area contributed by atoms with Crippen LogP contribution >= 0.6 is 0 Å². The summed E-state index contributed by atoms with van der Waals surface area (Å²) in [6.45, 7) is 2.61. The summed E-state index contributed by atoms with van der Waals surface area (Å²) in [6.07, 6.45) is -0.636. The highest BCUT2D eigenvalue weighted by Crippen LogP contribution is 2.23. The number of carbonyl (C=O) groups is 1. The van der Waals surface area contributed by atoms with Gasteiger partial charge in [-0.1, -0.05) is 0 Å². The van der Waals surface area contributed by atoms with E-state index in [9.17, 15) is 4.79 Å². The molecule has 1 saturated heterocycles. The van der Waals surface area contributed by atoms with Crippen molar-refractivity contribution in [2.75, 3.05) is 18.0 Å². The third-order valence-corrected chi connectivity index (χ3v) is 2.78. The summed E-state index contributed by atoms with van der Waals surface area (Å²) in [4.78, 5) is 13.1. The first kappa shape index (κ1) is 11.4. The largest absolute Gasteiger partial charge is 0.443 e. The minimum absolute atomic E-state index is 0.251. The Hall–Kier alpha value is -2.06. The molecule has 5 nitrogen and oxygen atoms in total. The Kier molecular flexibility index (Phi) is 2.98. The molecule has 0 bridgehead atoms. The highest BCUT2D eigenvalue weighted by molar-refractivity contribution is 5.90. The molecule has 0 unspecified atom stereocenters. The number of nitrogens with zero attached hydrogens (tertiary/aromatic N) is 2. The number of benzene rings is 1. The second-order valence-electron chi connectivity index (χ2n) is 3.96. The first-order chi connectivity index (χ1) is 8.15. The Morgan fingerprint density at radius 3 is 2.94 bits per heavy atom. The van der Waals surface area contributed by atoms with Gasteiger partial charge in [0.25, 0.3) is 0 Å². The molecule has 0 aromatic heterocycles. The third kappa shape index (κ3) is 2.08. The normalized spacial score (nSPS) is 19.0. The van der Waals surface area contributed by atoms with Gasteiger partial charge in [-0.05, 0) is 30.7 Å². The summed E-state index contributed by atoms with van der Waals surface area (Å²) in [5.41, 5.74) is 7.65. The molecule has 1 fully saturated rings. The summed E-state index contributed by atoms with van der Waals surface area (Å²) in [5.74, 6) is 0. The standard InChI is InChI=1S/C12H13N3O2/c1-8-4-10(3-2-9(8)5-13)15-7-11(6-14)17-12(15)16/h2-4,11H,6-7,14H2,1H3/t11-/m0/s1. The minimum atomic E-state index is -0.385. The number of nitrogens with two attached hydrogens (primary N) is 1. The Bertz CT molecular complexity index is 493. The van der Waals surface area contributed by atoms with Crippen LogP contribution in [0, 0.1) is 18.3 Å². The number of nitriles is 1. The molecule has 0 saturated carbocycles. The lowest BCUT2D eigenvalue weighted by Gasteiger charge is -2.13. The zero-order valence-corrected chi connectivity index (χ0v) is 9.51. The van der Waals surface area contributed by atoms with Crippen LogP contribution in [0.3, 0.4) is 0 Å². The molecule has 1 heterocycles. The van der Waals surface area contributed by atoms with Crippen molar-refractivity contribution < 1.29 is 9.53 Å². The molecule has 2 rings (SSSR count). The molecule has 1 aliphatic rings. The molecular weight excluding hydrogens is 218 g/mol. The second kappa shape index (κ2) is 4.44. The van der Waals surface area contributed by atoms with Gasteiger partial charge in [0.2, 0.25) is 0 Å². The van der Waals surface area contributed by atoms with Crippen molar-refractivity contribution in [2.24, 2.45) is 5.73 Å². The molecule has 1 aromatic carbocycles. The van der Waals surface area contributed by atoms with Crippen LogP contribution in [0.4, 0.5) is 10.5 Å². The second-order valence-corrected chi connectivity index (χ2v) is 3.96. The topological polar surface area (TPSA) is 79.3 Å². The van der Waals surface area contributed by atoms with E-state index in [1.807, 2.05) is 6.92 Å². The van der Waals surface area contributed by atoms with Crippen molar-refractivity contribution in [1.82, 2.24) is 0 Å². The van der Waals surface area contributed by atoms with E-state index in [4.69, 9.17) is 15.7 Å². The van der Waals surface area contributed by atoms with Gasteiger partial charge in [0, 0.05) is 12.2 Å². The van der Waals surface area contributed by atoms with Crippen molar-refractivity contribution in [3.63, 3.8) is 0 Å². The molecule has 1 aromatic rings. The molecule has 1 aliphatic heterocycles. The van der Waals surface area contributed by atoms with E-state index in [-0.39, 0.29) is 12.2 Å². The lowest BCUT2D eigenvalue weighted by Crippen LogP contribution is -2.27. The number of carbonyl (C=O) groups excluding carboxylic acids is 1. The molecule has 1 atom stereocenters. The van der Waals surface area contributed by atoms with Crippen LogP contribution < -0.4 is 10.6 Å². The van der Waals surface area contributed by atoms with Crippen LogP contribution in [0.2, 0.25) is 0 Å². The van der Waals surface area contributed by atoms with Gasteiger partial charge in [0.1, 0.15) is 6.10 Å². The average molecular weight is 231 g/mol. The number of hydrogen-bond donors (Lipinski definition) is 1. The smallest absolute Gasteiger partial charge is 0.414 e. The van der Waals surface area contributed by atoms with Gasteiger partial charge in [0.05, 0.1) is 18.2 Å². The minimum Gasteiger partial charge on any atom is -0.443 e. The summed E-state index contributed by atoms with van der Waals surface area (Å²) >= 11 is 0. The number of cyclic esters (lactones) is 1. The van der Waals surface area contributed by atoms with E-state index in [1.165, 1.54) is 4.90 Å². The molecule has 1 amide bonds. The van der Waals surface area contributed by atoms with Crippen molar-refractivity contribution in [3.05, 3.63) is 29.3 Å². The number of ether oxygens (including phenoxy) is 1. The van der Waals surface area contributed by atoms with Crippen molar-refractivity contribution in [1.29, 1.82) is 5.26 Å². The van der Waals surface area contributed by atoms with Gasteiger partial charge in [-0.25, -0.2) is 4.79 Å². The Labute approximate surface area is 99.4 Å². The average Bonchev–Trinajstić information content (AvgIpc) is 2.70. The van der Waals surface area contributed by atoms with Crippen molar-refractivity contribution in [3.8, 4) is 6.07 Å². The highest BCUT2D eigenvalue weighted by Gasteiger charge is 2.31. The Balaban J connectivity index is 2.27. The number of rotatable bonds is 2. The lowest BCUT2D eigenvalue weighted by atomic mass is 10.1. The molecule has 0 radical (unpaired) electrons. The lowest BCUT2D eigenvalue weighted by molar-refractivity contribution is 0.145. The van der Waals surface area contributed by atoms with Crippen LogP contribution in [-0.2, 0) is 4.74 Å². The van der Waals surface area contributed by atoms with E-state index in [0.29, 0.717) is 18.7 Å². The summed E-state index contributed by atoms with van der Waals surface area (Å²) in [7, 11) is 0. The molecule has 88 valence electrons. The van der Waals surface area contributed by atoms with E-state index in [1.54, 1.807) is 18.2 Å². The fourth-order valence-corrected chi connectivity index (χ4v) is 1.80. The third-order valence-electron chi connectivity index (χ3n) is 2.78. The molecule has 17 heavy (non-hydrogen) atoms. The molecule has 2 N–H and O–H groups in total. The van der Waals surface area contributed by atoms with Crippen LogP contribution in [-0.4, -0.2) is 25.3 Å². The van der Waals surface area contributed by atoms with Gasteiger partial charge >= 0.3 is 6.09 Å². The number of anilines is 1. The Morgan fingerprint density at radius 1 is 1.65 bits per heavy atom. The van der Waals surface area contributed by atoms with E-state index in [2.05, 4.69) is 6.07 Å². The van der Waals surface area contributed by atoms with Gasteiger partial charge in [-0.2, -0.15) is 5.26 Å². The van der Waals surface area contributed by atoms with Crippen LogP contribution in [0.1, 0.15) is 11.1 Å². The maximum atomic E-state index is 11.6. The molecule has 5 heteroatoms. The first-order valence-electron chi connectivity index (χ1n) is 5.34. The van der Waals surface area contributed by atoms with Crippen molar-refractivity contribution in [2.45, 2.75) is 13.0 Å². The van der Waals surface area contributed by atoms with Crippen molar-refractivity contribution >= 4 is 11.8 Å². The fourth-order valence-electron chi connectivity index (χ4n) is 1.80. The van der Waals surface area contributed by atoms with Crippen LogP contribution in [0.25, 0.3) is 0 Å². The maximum absolute atomic E-state index is 11.6. The van der Waals surface area contributed by atoms with E-state index >= 15 is 0 Å². The summed E-state index contributed by atoms with van der Waals surface area (Å²) < 4.78 is 5.07. The van der Waals surface area contributed by atoms with Crippen LogP contribution in [0.15, 0.2) is 18.2 Å². The molecule has 0 aliphatic carbocycles. The van der Waals surface area contributed by atoms with E-state index < -0.39 is 0 Å². The van der Waals surface area contributed by atoms with Gasteiger partial charge in [0.15, 0.2) is 0 Å². The zero-order chi connectivity index (χ0) is 12.4. The highest BCUT2D eigenvalue weighted by atomic mass is 16.6. The molecule has 0 spiro atoms. The quantitative estimate of drug-likeness (QED) is 0.828.